The van der Waals surface area contributed by atoms with Crippen LogP contribution in [0.25, 0.3) is 0 Å². The Morgan fingerprint density at radius 3 is 2.48 bits per heavy atom. The average molecular weight is 420 g/mol. The number of aromatic nitrogens is 4. The van der Waals surface area contributed by atoms with Gasteiger partial charge in [-0.1, -0.05) is 48.5 Å². The van der Waals surface area contributed by atoms with Gasteiger partial charge in [0.05, 0.1) is 19.3 Å². The van der Waals surface area contributed by atoms with Crippen LogP contribution in [0.3, 0.4) is 0 Å². The molecule has 2 aromatic carbocycles. The normalized spacial score (nSPS) is 25.6. The van der Waals surface area contributed by atoms with Gasteiger partial charge in [0, 0.05) is 24.2 Å². The van der Waals surface area contributed by atoms with Gasteiger partial charge in [-0.2, -0.15) is 0 Å². The maximum absolute atomic E-state index is 11.6. The number of fused-ring (bicyclic) bond motifs is 2. The fourth-order valence-electron chi connectivity index (χ4n) is 5.38. The molecule has 2 bridgehead atoms. The van der Waals surface area contributed by atoms with E-state index in [1.165, 1.54) is 5.56 Å². The van der Waals surface area contributed by atoms with E-state index in [0.29, 0.717) is 24.9 Å². The van der Waals surface area contributed by atoms with Crippen LogP contribution in [0.1, 0.15) is 42.6 Å². The first-order valence-corrected chi connectivity index (χ1v) is 11.1. The van der Waals surface area contributed by atoms with Gasteiger partial charge >= 0.3 is 0 Å². The van der Waals surface area contributed by atoms with Crippen LogP contribution in [0, 0.1) is 0 Å². The van der Waals surface area contributed by atoms with E-state index in [0.717, 1.165) is 49.5 Å². The molecule has 0 radical (unpaired) electrons. The molecular formula is C24H29N5O2. The summed E-state index contributed by atoms with van der Waals surface area (Å²) in [5.74, 6) is 1.67. The minimum atomic E-state index is -0.853. The number of nitrogens with zero attached hydrogens (tertiary/aromatic N) is 5. The van der Waals surface area contributed by atoms with Crippen molar-refractivity contribution in [3.05, 3.63) is 71.5 Å². The van der Waals surface area contributed by atoms with Crippen LogP contribution in [0.2, 0.25) is 0 Å². The Morgan fingerprint density at radius 1 is 1.03 bits per heavy atom. The van der Waals surface area contributed by atoms with E-state index >= 15 is 0 Å². The molecule has 0 spiro atoms. The standard InChI is InChI=1S/C24H29N5O2/c1-31-22-10-6-5-9-21(22)24(30)15-19-11-12-20(16-24)28(19)17-23-25-26-27-29(23)14-13-18-7-3-2-4-8-18/h2-10,19-20,30H,11-17H2,1H3. The van der Waals surface area contributed by atoms with Crippen LogP contribution in [0.5, 0.6) is 5.75 Å². The highest BCUT2D eigenvalue weighted by Gasteiger charge is 2.49. The Kier molecular flexibility index (Phi) is 5.46. The zero-order valence-corrected chi connectivity index (χ0v) is 17.9. The monoisotopic (exact) mass is 419 g/mol. The smallest absolute Gasteiger partial charge is 0.165 e. The van der Waals surface area contributed by atoms with Crippen molar-refractivity contribution >= 4 is 0 Å². The van der Waals surface area contributed by atoms with Crippen molar-refractivity contribution in [1.29, 1.82) is 0 Å². The number of aliphatic hydroxyl groups is 1. The lowest BCUT2D eigenvalue weighted by Gasteiger charge is -2.44. The Hall–Kier alpha value is -2.77. The van der Waals surface area contributed by atoms with Gasteiger partial charge in [0.2, 0.25) is 0 Å². The van der Waals surface area contributed by atoms with E-state index in [1.54, 1.807) is 7.11 Å². The second-order valence-corrected chi connectivity index (χ2v) is 8.75. The molecule has 3 aromatic rings. The van der Waals surface area contributed by atoms with Crippen molar-refractivity contribution in [3.63, 3.8) is 0 Å². The summed E-state index contributed by atoms with van der Waals surface area (Å²) in [5, 5.41) is 24.1. The fraction of sp³-hybridized carbons (Fsp3) is 0.458. The first-order valence-electron chi connectivity index (χ1n) is 11.1. The molecule has 2 fully saturated rings. The molecule has 0 saturated carbocycles. The van der Waals surface area contributed by atoms with Crippen LogP contribution in [-0.4, -0.2) is 49.4 Å². The predicted molar refractivity (Wildman–Crippen MR) is 116 cm³/mol. The maximum Gasteiger partial charge on any atom is 0.165 e. The molecule has 5 rings (SSSR count). The molecule has 7 heteroatoms. The van der Waals surface area contributed by atoms with Gasteiger partial charge in [0.1, 0.15) is 5.75 Å². The summed E-state index contributed by atoms with van der Waals surface area (Å²) >= 11 is 0. The number of hydrogen-bond donors (Lipinski definition) is 1. The Bertz CT molecular complexity index is 1010. The number of rotatable bonds is 7. The number of piperidine rings is 1. The third-order valence-corrected chi connectivity index (χ3v) is 6.91. The number of hydrogen-bond acceptors (Lipinski definition) is 6. The summed E-state index contributed by atoms with van der Waals surface area (Å²) in [4.78, 5) is 2.49. The molecule has 31 heavy (non-hydrogen) atoms. The first kappa shape index (κ1) is 20.2. The van der Waals surface area contributed by atoms with Crippen LogP contribution in [-0.2, 0) is 25.1 Å². The van der Waals surface area contributed by atoms with Crippen LogP contribution >= 0.6 is 0 Å². The van der Waals surface area contributed by atoms with E-state index < -0.39 is 5.60 Å². The lowest BCUT2D eigenvalue weighted by atomic mass is 9.80. The van der Waals surface area contributed by atoms with Gasteiger partial charge < -0.3 is 9.84 Å². The molecule has 0 aliphatic carbocycles. The van der Waals surface area contributed by atoms with Crippen LogP contribution in [0.15, 0.2) is 54.6 Å². The highest BCUT2D eigenvalue weighted by molar-refractivity contribution is 5.39. The Morgan fingerprint density at radius 2 is 1.74 bits per heavy atom. The van der Waals surface area contributed by atoms with Crippen LogP contribution in [0.4, 0.5) is 0 Å². The molecule has 1 N–H and O–H groups in total. The Labute approximate surface area is 182 Å². The summed E-state index contributed by atoms with van der Waals surface area (Å²) in [6.07, 6.45) is 4.49. The van der Waals surface area contributed by atoms with Crippen molar-refractivity contribution in [2.24, 2.45) is 0 Å². The van der Waals surface area contributed by atoms with Gasteiger partial charge in [0.25, 0.3) is 0 Å². The van der Waals surface area contributed by atoms with E-state index in [2.05, 4.69) is 44.7 Å². The van der Waals surface area contributed by atoms with Gasteiger partial charge in [-0.3, -0.25) is 4.90 Å². The number of aryl methyl sites for hydroxylation is 2. The molecular weight excluding hydrogens is 390 g/mol. The minimum Gasteiger partial charge on any atom is -0.496 e. The van der Waals surface area contributed by atoms with E-state index in [-0.39, 0.29) is 0 Å². The molecule has 2 saturated heterocycles. The second kappa shape index (κ2) is 8.40. The molecule has 162 valence electrons. The molecule has 2 atom stereocenters. The molecule has 1 aromatic heterocycles. The third-order valence-electron chi connectivity index (χ3n) is 6.91. The van der Waals surface area contributed by atoms with Crippen LogP contribution < -0.4 is 4.74 Å². The topological polar surface area (TPSA) is 76.3 Å². The van der Waals surface area contributed by atoms with Gasteiger partial charge in [-0.25, -0.2) is 4.68 Å². The number of para-hydroxylation sites is 1. The molecule has 3 heterocycles. The highest BCUT2D eigenvalue weighted by atomic mass is 16.5. The zero-order valence-electron chi connectivity index (χ0n) is 17.9. The van der Waals surface area contributed by atoms with E-state index in [4.69, 9.17) is 4.74 Å². The summed E-state index contributed by atoms with van der Waals surface area (Å²) in [6.45, 7) is 1.49. The maximum atomic E-state index is 11.6. The van der Waals surface area contributed by atoms with Crippen molar-refractivity contribution in [2.45, 2.75) is 62.9 Å². The molecule has 2 unspecified atom stereocenters. The zero-order chi connectivity index (χ0) is 21.3. The van der Waals surface area contributed by atoms with Crippen molar-refractivity contribution < 1.29 is 9.84 Å². The summed E-state index contributed by atoms with van der Waals surface area (Å²) < 4.78 is 7.47. The van der Waals surface area contributed by atoms with Gasteiger partial charge in [-0.05, 0) is 54.2 Å². The number of tetrazole rings is 1. The minimum absolute atomic E-state index is 0.313. The van der Waals surface area contributed by atoms with Crippen molar-refractivity contribution in [3.8, 4) is 5.75 Å². The summed E-state index contributed by atoms with van der Waals surface area (Å²) in [7, 11) is 1.67. The lowest BCUT2D eigenvalue weighted by molar-refractivity contribution is -0.0615. The molecule has 2 aliphatic heterocycles. The largest absolute Gasteiger partial charge is 0.496 e. The van der Waals surface area contributed by atoms with Crippen molar-refractivity contribution in [2.75, 3.05) is 7.11 Å². The SMILES string of the molecule is COc1ccccc1C1(O)CC2CCC(C1)N2Cc1nnnn1CCc1ccccc1. The number of ether oxygens (including phenoxy) is 1. The molecule has 2 aliphatic rings. The summed E-state index contributed by atoms with van der Waals surface area (Å²) in [5.41, 5.74) is 1.33. The Balaban J connectivity index is 1.29. The molecule has 0 amide bonds. The van der Waals surface area contributed by atoms with Gasteiger partial charge in [-0.15, -0.1) is 5.10 Å². The van der Waals surface area contributed by atoms with E-state index in [1.807, 2.05) is 35.0 Å². The highest BCUT2D eigenvalue weighted by Crippen LogP contribution is 2.48. The second-order valence-electron chi connectivity index (χ2n) is 8.75. The molecule has 7 nitrogen and oxygen atoms in total. The average Bonchev–Trinajstić information content (AvgIpc) is 3.35. The number of benzene rings is 2. The predicted octanol–water partition coefficient (Wildman–Crippen LogP) is 2.94. The van der Waals surface area contributed by atoms with E-state index in [9.17, 15) is 5.11 Å². The quantitative estimate of drug-likeness (QED) is 0.635. The fourth-order valence-corrected chi connectivity index (χ4v) is 5.38. The lowest BCUT2D eigenvalue weighted by Crippen LogP contribution is -2.49. The third kappa shape index (κ3) is 3.95. The van der Waals surface area contributed by atoms with Crippen molar-refractivity contribution in [1.82, 2.24) is 25.1 Å². The summed E-state index contributed by atoms with van der Waals surface area (Å²) in [6, 6.07) is 18.9. The first-order chi connectivity index (χ1) is 15.2. The number of methoxy groups -OCH3 is 1. The van der Waals surface area contributed by atoms with Gasteiger partial charge in [0.15, 0.2) is 5.82 Å².